The van der Waals surface area contributed by atoms with Crippen LogP contribution in [0.5, 0.6) is 0 Å². The number of ether oxygens (including phenoxy) is 3. The monoisotopic (exact) mass is 921 g/mol. The van der Waals surface area contributed by atoms with E-state index in [4.69, 9.17) is 14.2 Å². The molecule has 5 heteroatoms. The lowest BCUT2D eigenvalue weighted by molar-refractivity contribution is -0.163. The molecule has 0 aromatic carbocycles. The highest BCUT2D eigenvalue weighted by molar-refractivity contribution is 5.70. The normalized spacial score (nSPS) is 12.7. The summed E-state index contributed by atoms with van der Waals surface area (Å²) >= 11 is 0. The standard InChI is InChI=1S/C61H108O5/c1-4-7-10-13-16-19-22-25-28-30-31-33-34-36-39-42-45-48-51-54-60(62)65-58-59(57-64-56-53-50-47-44-41-38-27-24-21-18-15-12-9-6-3)66-61(63)55-52-49-46-43-40-37-35-32-29-26-23-20-17-14-11-8-5-2/h8,11-12,15,17,20-21,24,26,29,35,37,59H,4-7,9-10,13-14,16,18-19,22-23,25,27-28,30-34,36,38-58H2,1-3H3/b11-8-,15-12-,20-17-,24-21-,29-26-,37-35-. The molecule has 0 spiro atoms. The Balaban J connectivity index is 4.28. The van der Waals surface area contributed by atoms with E-state index in [9.17, 15) is 9.59 Å². The molecule has 0 saturated carbocycles. The fraction of sp³-hybridized carbons (Fsp3) is 0.770. The molecule has 0 aromatic rings. The van der Waals surface area contributed by atoms with Gasteiger partial charge in [-0.15, -0.1) is 0 Å². The molecule has 0 fully saturated rings. The van der Waals surface area contributed by atoms with E-state index in [2.05, 4.69) is 93.7 Å². The van der Waals surface area contributed by atoms with Gasteiger partial charge in [0.25, 0.3) is 0 Å². The first-order valence-corrected chi connectivity index (χ1v) is 28.5. The van der Waals surface area contributed by atoms with Crippen LogP contribution >= 0.6 is 0 Å². The molecule has 1 atom stereocenters. The van der Waals surface area contributed by atoms with Crippen LogP contribution in [0.4, 0.5) is 0 Å². The summed E-state index contributed by atoms with van der Waals surface area (Å²) in [4.78, 5) is 25.5. The van der Waals surface area contributed by atoms with E-state index in [1.807, 2.05) is 0 Å². The topological polar surface area (TPSA) is 61.8 Å². The fourth-order valence-electron chi connectivity index (χ4n) is 8.01. The minimum absolute atomic E-state index is 0.0715. The van der Waals surface area contributed by atoms with Crippen LogP contribution in [-0.4, -0.2) is 37.9 Å². The van der Waals surface area contributed by atoms with Crippen LogP contribution in [-0.2, 0) is 23.8 Å². The highest BCUT2D eigenvalue weighted by Gasteiger charge is 2.17. The Morgan fingerprint density at radius 1 is 0.348 bits per heavy atom. The number of carbonyl (C=O) groups excluding carboxylic acids is 2. The van der Waals surface area contributed by atoms with Crippen LogP contribution in [0.2, 0.25) is 0 Å². The highest BCUT2D eigenvalue weighted by Crippen LogP contribution is 2.16. The second kappa shape index (κ2) is 56.7. The zero-order valence-corrected chi connectivity index (χ0v) is 44.0. The van der Waals surface area contributed by atoms with E-state index >= 15 is 0 Å². The number of allylic oxidation sites excluding steroid dienone is 12. The molecular weight excluding hydrogens is 813 g/mol. The Bertz CT molecular complexity index is 1180. The molecule has 1 unspecified atom stereocenters. The lowest BCUT2D eigenvalue weighted by Gasteiger charge is -2.18. The van der Waals surface area contributed by atoms with E-state index in [1.54, 1.807) is 0 Å². The van der Waals surface area contributed by atoms with E-state index in [0.717, 1.165) is 89.9 Å². The molecule has 0 saturated heterocycles. The summed E-state index contributed by atoms with van der Waals surface area (Å²) in [5, 5.41) is 0. The van der Waals surface area contributed by atoms with Crippen molar-refractivity contribution in [2.45, 2.75) is 284 Å². The number of rotatable bonds is 52. The Kier molecular flexibility index (Phi) is 54.4. The van der Waals surface area contributed by atoms with E-state index < -0.39 is 6.10 Å². The third-order valence-corrected chi connectivity index (χ3v) is 12.2. The first kappa shape index (κ1) is 63.3. The van der Waals surface area contributed by atoms with Crippen molar-refractivity contribution in [3.8, 4) is 0 Å². The molecule has 0 heterocycles. The largest absolute Gasteiger partial charge is 0.462 e. The van der Waals surface area contributed by atoms with Crippen LogP contribution < -0.4 is 0 Å². The van der Waals surface area contributed by atoms with Crippen molar-refractivity contribution in [3.63, 3.8) is 0 Å². The second-order valence-electron chi connectivity index (χ2n) is 18.8. The number of hydrogen-bond acceptors (Lipinski definition) is 5. The lowest BCUT2D eigenvalue weighted by Crippen LogP contribution is -2.30. The molecule has 0 amide bonds. The van der Waals surface area contributed by atoms with Crippen LogP contribution in [0.15, 0.2) is 72.9 Å². The van der Waals surface area contributed by atoms with Gasteiger partial charge >= 0.3 is 11.9 Å². The van der Waals surface area contributed by atoms with Crippen molar-refractivity contribution in [3.05, 3.63) is 72.9 Å². The van der Waals surface area contributed by atoms with Crippen molar-refractivity contribution in [1.29, 1.82) is 0 Å². The van der Waals surface area contributed by atoms with Crippen LogP contribution in [0, 0.1) is 0 Å². The predicted octanol–water partition coefficient (Wildman–Crippen LogP) is 19.5. The molecule has 5 nitrogen and oxygen atoms in total. The van der Waals surface area contributed by atoms with Crippen molar-refractivity contribution in [1.82, 2.24) is 0 Å². The Morgan fingerprint density at radius 2 is 0.712 bits per heavy atom. The maximum Gasteiger partial charge on any atom is 0.306 e. The van der Waals surface area contributed by atoms with Gasteiger partial charge in [-0.1, -0.05) is 254 Å². The minimum Gasteiger partial charge on any atom is -0.462 e. The van der Waals surface area contributed by atoms with Crippen LogP contribution in [0.25, 0.3) is 0 Å². The Labute approximate surface area is 410 Å². The predicted molar refractivity (Wildman–Crippen MR) is 288 cm³/mol. The van der Waals surface area contributed by atoms with E-state index in [0.29, 0.717) is 19.4 Å². The molecule has 0 N–H and O–H groups in total. The van der Waals surface area contributed by atoms with Crippen LogP contribution in [0.1, 0.15) is 278 Å². The van der Waals surface area contributed by atoms with Gasteiger partial charge < -0.3 is 14.2 Å². The van der Waals surface area contributed by atoms with Gasteiger partial charge in [-0.05, 0) is 83.5 Å². The summed E-state index contributed by atoms with van der Waals surface area (Å²) in [6, 6.07) is 0. The molecule has 66 heavy (non-hydrogen) atoms. The zero-order valence-electron chi connectivity index (χ0n) is 44.0. The molecule has 382 valence electrons. The maximum atomic E-state index is 12.8. The third-order valence-electron chi connectivity index (χ3n) is 12.2. The molecule has 0 aromatic heterocycles. The summed E-state index contributed by atoms with van der Waals surface area (Å²) in [6.45, 7) is 7.64. The average Bonchev–Trinajstić information content (AvgIpc) is 3.32. The maximum absolute atomic E-state index is 12.8. The Morgan fingerprint density at radius 3 is 1.15 bits per heavy atom. The molecule has 0 rings (SSSR count). The quantitative estimate of drug-likeness (QED) is 0.0346. The molecular formula is C61H108O5. The van der Waals surface area contributed by atoms with Gasteiger partial charge in [0.05, 0.1) is 6.61 Å². The summed E-state index contributed by atoms with van der Waals surface area (Å²) in [6.07, 6.45) is 73.5. The molecule has 0 bridgehead atoms. The van der Waals surface area contributed by atoms with Gasteiger partial charge in [0.15, 0.2) is 6.10 Å². The number of esters is 2. The first-order chi connectivity index (χ1) is 32.6. The summed E-state index contributed by atoms with van der Waals surface area (Å²) < 4.78 is 17.4. The highest BCUT2D eigenvalue weighted by atomic mass is 16.6. The van der Waals surface area contributed by atoms with Gasteiger partial charge in [0, 0.05) is 19.4 Å². The van der Waals surface area contributed by atoms with Crippen molar-refractivity contribution >= 4 is 11.9 Å². The van der Waals surface area contributed by atoms with Gasteiger partial charge in [-0.2, -0.15) is 0 Å². The van der Waals surface area contributed by atoms with Gasteiger partial charge in [0.2, 0.25) is 0 Å². The summed E-state index contributed by atoms with van der Waals surface area (Å²) in [5.41, 5.74) is 0. The first-order valence-electron chi connectivity index (χ1n) is 28.5. The van der Waals surface area contributed by atoms with Crippen LogP contribution in [0.3, 0.4) is 0 Å². The molecule has 0 aliphatic heterocycles. The van der Waals surface area contributed by atoms with Gasteiger partial charge in [0.1, 0.15) is 6.61 Å². The van der Waals surface area contributed by atoms with E-state index in [-0.39, 0.29) is 25.2 Å². The summed E-state index contributed by atoms with van der Waals surface area (Å²) in [7, 11) is 0. The fourth-order valence-corrected chi connectivity index (χ4v) is 8.01. The average molecular weight is 922 g/mol. The van der Waals surface area contributed by atoms with Crippen molar-refractivity contribution in [2.24, 2.45) is 0 Å². The molecule has 0 aliphatic rings. The third kappa shape index (κ3) is 54.0. The molecule has 0 radical (unpaired) electrons. The van der Waals surface area contributed by atoms with Gasteiger partial charge in [-0.3, -0.25) is 9.59 Å². The zero-order chi connectivity index (χ0) is 47.7. The number of unbranched alkanes of at least 4 members (excludes halogenated alkanes) is 29. The Hall–Kier alpha value is -2.66. The second-order valence-corrected chi connectivity index (χ2v) is 18.8. The summed E-state index contributed by atoms with van der Waals surface area (Å²) in [5.74, 6) is -0.421. The minimum atomic E-state index is -0.556. The van der Waals surface area contributed by atoms with Crippen molar-refractivity contribution in [2.75, 3.05) is 19.8 Å². The van der Waals surface area contributed by atoms with Gasteiger partial charge in [-0.25, -0.2) is 0 Å². The van der Waals surface area contributed by atoms with Crippen molar-refractivity contribution < 1.29 is 23.8 Å². The number of carbonyl (C=O) groups is 2. The smallest absolute Gasteiger partial charge is 0.306 e. The number of hydrogen-bond donors (Lipinski definition) is 0. The SMILES string of the molecule is CC/C=C\C/C=C\C/C=C\C/C=C\CCCCCCC(=O)OC(COCCCCCCCC/C=C\C/C=C\CCC)COC(=O)CCCCCCCCCCCCCCCCCCCCC. The lowest BCUT2D eigenvalue weighted by atomic mass is 10.0. The van der Waals surface area contributed by atoms with E-state index in [1.165, 1.54) is 154 Å². The molecule has 0 aliphatic carbocycles.